The molecule has 0 unspecified atom stereocenters. The van der Waals surface area contributed by atoms with Crippen molar-refractivity contribution < 1.29 is 4.79 Å². The van der Waals surface area contributed by atoms with Crippen molar-refractivity contribution in [2.75, 3.05) is 13.6 Å². The van der Waals surface area contributed by atoms with E-state index in [0.717, 1.165) is 12.1 Å². The summed E-state index contributed by atoms with van der Waals surface area (Å²) in [6, 6.07) is 8.99. The third-order valence-corrected chi connectivity index (χ3v) is 2.83. The van der Waals surface area contributed by atoms with Crippen molar-refractivity contribution >= 4 is 5.91 Å². The largest absolute Gasteiger partial charge is 0.365 e. The zero-order valence-electron chi connectivity index (χ0n) is 10.6. The van der Waals surface area contributed by atoms with Crippen molar-refractivity contribution in [1.29, 1.82) is 5.26 Å². The van der Waals surface area contributed by atoms with Gasteiger partial charge in [-0.25, -0.2) is 0 Å². The minimum absolute atomic E-state index is 0.177. The van der Waals surface area contributed by atoms with E-state index in [4.69, 9.17) is 5.26 Å². The molecule has 0 fully saturated rings. The maximum atomic E-state index is 12.1. The van der Waals surface area contributed by atoms with Crippen LogP contribution in [0.2, 0.25) is 0 Å². The van der Waals surface area contributed by atoms with Gasteiger partial charge in [0.15, 0.2) is 0 Å². The second-order valence-electron chi connectivity index (χ2n) is 4.21. The standard InChI is InChI=1S/C14H14N4O/c1-18(8-5-12-3-2-6-16-12)14(19)13-9-11(10-15)4-7-17-13/h2-4,6-7,9,16H,5,8H2,1H3. The summed E-state index contributed by atoms with van der Waals surface area (Å²) < 4.78 is 0. The number of pyridine rings is 1. The third kappa shape index (κ3) is 3.19. The fourth-order valence-electron chi connectivity index (χ4n) is 1.73. The zero-order valence-corrected chi connectivity index (χ0v) is 10.6. The summed E-state index contributed by atoms with van der Waals surface area (Å²) in [7, 11) is 1.73. The number of hydrogen-bond acceptors (Lipinski definition) is 3. The molecule has 2 aromatic rings. The number of nitrogens with one attached hydrogen (secondary N) is 1. The minimum atomic E-state index is -0.177. The van der Waals surface area contributed by atoms with Gasteiger partial charge in [-0.2, -0.15) is 5.26 Å². The van der Waals surface area contributed by atoms with Gasteiger partial charge in [0.1, 0.15) is 5.69 Å². The Balaban J connectivity index is 2.00. The highest BCUT2D eigenvalue weighted by Crippen LogP contribution is 2.05. The molecule has 0 atom stereocenters. The van der Waals surface area contributed by atoms with Crippen LogP contribution in [0.15, 0.2) is 36.7 Å². The predicted molar refractivity (Wildman–Crippen MR) is 70.4 cm³/mol. The Hall–Kier alpha value is -2.61. The molecule has 0 aliphatic carbocycles. The number of aromatic nitrogens is 2. The number of aromatic amines is 1. The van der Waals surface area contributed by atoms with Crippen molar-refractivity contribution in [3.05, 3.63) is 53.6 Å². The molecule has 0 radical (unpaired) electrons. The van der Waals surface area contributed by atoms with Crippen LogP contribution in [-0.2, 0) is 6.42 Å². The van der Waals surface area contributed by atoms with E-state index in [0.29, 0.717) is 17.8 Å². The molecule has 0 aliphatic heterocycles. The normalized spacial score (nSPS) is 9.89. The molecule has 2 heterocycles. The first-order chi connectivity index (χ1) is 9.20. The van der Waals surface area contributed by atoms with Gasteiger partial charge in [0.05, 0.1) is 11.6 Å². The van der Waals surface area contributed by atoms with Gasteiger partial charge >= 0.3 is 0 Å². The SMILES string of the molecule is CN(CCc1ccc[nH]1)C(=O)c1cc(C#N)ccn1. The molecule has 2 aromatic heterocycles. The van der Waals surface area contributed by atoms with Crippen LogP contribution in [0.25, 0.3) is 0 Å². The molecule has 2 rings (SSSR count). The van der Waals surface area contributed by atoms with Crippen molar-refractivity contribution in [3.63, 3.8) is 0 Å². The molecule has 0 saturated carbocycles. The van der Waals surface area contributed by atoms with Crippen LogP contribution < -0.4 is 0 Å². The Morgan fingerprint density at radius 1 is 1.53 bits per heavy atom. The number of H-pyrrole nitrogens is 1. The lowest BCUT2D eigenvalue weighted by Crippen LogP contribution is -2.29. The molecule has 1 N–H and O–H groups in total. The second kappa shape index (κ2) is 5.83. The number of nitrogens with zero attached hydrogens (tertiary/aromatic N) is 3. The highest BCUT2D eigenvalue weighted by molar-refractivity contribution is 5.92. The van der Waals surface area contributed by atoms with E-state index in [-0.39, 0.29) is 5.91 Å². The Morgan fingerprint density at radius 2 is 2.37 bits per heavy atom. The van der Waals surface area contributed by atoms with Crippen LogP contribution in [0.4, 0.5) is 0 Å². The number of likely N-dealkylation sites (N-methyl/N-ethyl adjacent to an activating group) is 1. The molecule has 5 heteroatoms. The summed E-state index contributed by atoms with van der Waals surface area (Å²) in [6.45, 7) is 0.595. The molecule has 0 saturated heterocycles. The molecule has 19 heavy (non-hydrogen) atoms. The summed E-state index contributed by atoms with van der Waals surface area (Å²) in [5.74, 6) is -0.177. The van der Waals surface area contributed by atoms with Crippen LogP contribution in [0.5, 0.6) is 0 Å². The fraction of sp³-hybridized carbons (Fsp3) is 0.214. The monoisotopic (exact) mass is 254 g/mol. The van der Waals surface area contributed by atoms with Crippen LogP contribution in [0.3, 0.4) is 0 Å². The maximum Gasteiger partial charge on any atom is 0.272 e. The van der Waals surface area contributed by atoms with E-state index in [1.54, 1.807) is 18.0 Å². The van der Waals surface area contributed by atoms with Gasteiger partial charge in [0.2, 0.25) is 0 Å². The number of carbonyl (C=O) groups is 1. The van der Waals surface area contributed by atoms with E-state index in [9.17, 15) is 4.79 Å². The van der Waals surface area contributed by atoms with Gasteiger partial charge in [0.25, 0.3) is 5.91 Å². The van der Waals surface area contributed by atoms with Crippen molar-refractivity contribution in [2.45, 2.75) is 6.42 Å². The van der Waals surface area contributed by atoms with E-state index in [1.165, 1.54) is 12.3 Å². The summed E-state index contributed by atoms with van der Waals surface area (Å²) in [5.41, 5.74) is 1.82. The highest BCUT2D eigenvalue weighted by Gasteiger charge is 2.13. The van der Waals surface area contributed by atoms with E-state index in [1.807, 2.05) is 24.4 Å². The number of amides is 1. The van der Waals surface area contributed by atoms with Crippen molar-refractivity contribution in [2.24, 2.45) is 0 Å². The molecular formula is C14H14N4O. The predicted octanol–water partition coefficient (Wildman–Crippen LogP) is 1.60. The Kier molecular flexibility index (Phi) is 3.94. The zero-order chi connectivity index (χ0) is 13.7. The summed E-state index contributed by atoms with van der Waals surface area (Å²) in [4.78, 5) is 20.8. The highest BCUT2D eigenvalue weighted by atomic mass is 16.2. The Labute approximate surface area is 111 Å². The topological polar surface area (TPSA) is 72.8 Å². The molecule has 0 spiro atoms. The van der Waals surface area contributed by atoms with E-state index >= 15 is 0 Å². The van der Waals surface area contributed by atoms with Gasteiger partial charge in [0, 0.05) is 38.1 Å². The molecule has 1 amide bonds. The lowest BCUT2D eigenvalue weighted by Gasteiger charge is -2.16. The van der Waals surface area contributed by atoms with E-state index < -0.39 is 0 Å². The average molecular weight is 254 g/mol. The summed E-state index contributed by atoms with van der Waals surface area (Å²) in [5, 5.41) is 8.80. The smallest absolute Gasteiger partial charge is 0.272 e. The van der Waals surface area contributed by atoms with Gasteiger partial charge < -0.3 is 9.88 Å². The van der Waals surface area contributed by atoms with Crippen LogP contribution in [0, 0.1) is 11.3 Å². The quantitative estimate of drug-likeness (QED) is 0.900. The maximum absolute atomic E-state index is 12.1. The fourth-order valence-corrected chi connectivity index (χ4v) is 1.73. The average Bonchev–Trinajstić information content (AvgIpc) is 2.97. The summed E-state index contributed by atoms with van der Waals surface area (Å²) in [6.07, 6.45) is 4.09. The number of nitriles is 1. The van der Waals surface area contributed by atoms with Gasteiger partial charge in [-0.05, 0) is 24.3 Å². The first-order valence-corrected chi connectivity index (χ1v) is 5.94. The number of carbonyl (C=O) groups excluding carboxylic acids is 1. The van der Waals surface area contributed by atoms with Crippen LogP contribution in [0.1, 0.15) is 21.7 Å². The first-order valence-electron chi connectivity index (χ1n) is 5.94. The Morgan fingerprint density at radius 3 is 3.05 bits per heavy atom. The van der Waals surface area contributed by atoms with Crippen molar-refractivity contribution in [3.8, 4) is 6.07 Å². The lowest BCUT2D eigenvalue weighted by molar-refractivity contribution is 0.0790. The molecule has 0 bridgehead atoms. The van der Waals surface area contributed by atoms with Crippen molar-refractivity contribution in [1.82, 2.24) is 14.9 Å². The molecule has 96 valence electrons. The molecule has 5 nitrogen and oxygen atoms in total. The van der Waals surface area contributed by atoms with Gasteiger partial charge in [-0.15, -0.1) is 0 Å². The van der Waals surface area contributed by atoms with Gasteiger partial charge in [-0.3, -0.25) is 9.78 Å². The van der Waals surface area contributed by atoms with Crippen LogP contribution in [-0.4, -0.2) is 34.4 Å². The number of hydrogen-bond donors (Lipinski definition) is 1. The number of rotatable bonds is 4. The van der Waals surface area contributed by atoms with Gasteiger partial charge in [-0.1, -0.05) is 0 Å². The molecule has 0 aliphatic rings. The third-order valence-electron chi connectivity index (χ3n) is 2.83. The first kappa shape index (κ1) is 12.8. The second-order valence-corrected chi connectivity index (χ2v) is 4.21. The molecule has 0 aromatic carbocycles. The Bertz CT molecular complexity index is 598. The van der Waals surface area contributed by atoms with Crippen LogP contribution >= 0.6 is 0 Å². The summed E-state index contributed by atoms with van der Waals surface area (Å²) >= 11 is 0. The lowest BCUT2D eigenvalue weighted by atomic mass is 10.2. The minimum Gasteiger partial charge on any atom is -0.365 e. The molecular weight excluding hydrogens is 240 g/mol. The van der Waals surface area contributed by atoms with E-state index in [2.05, 4.69) is 9.97 Å².